The molecule has 15 heavy (non-hydrogen) atoms. The highest BCUT2D eigenvalue weighted by Crippen LogP contribution is 2.12. The molecule has 0 N–H and O–H groups in total. The minimum atomic E-state index is -0.0562. The summed E-state index contributed by atoms with van der Waals surface area (Å²) in [6.07, 6.45) is 1.29. The second kappa shape index (κ2) is 5.44. The van der Waals surface area contributed by atoms with Crippen LogP contribution >= 0.6 is 0 Å². The number of aryl methyl sites for hydroxylation is 1. The van der Waals surface area contributed by atoms with E-state index in [1.165, 1.54) is 0 Å². The summed E-state index contributed by atoms with van der Waals surface area (Å²) in [6, 6.07) is 7.48. The van der Waals surface area contributed by atoms with Crippen molar-refractivity contribution in [3.63, 3.8) is 0 Å². The fourth-order valence-corrected chi connectivity index (χ4v) is 1.50. The third-order valence-corrected chi connectivity index (χ3v) is 2.45. The second-order valence-electron chi connectivity index (χ2n) is 3.50. The van der Waals surface area contributed by atoms with Crippen LogP contribution in [0.1, 0.15) is 42.6 Å². The van der Waals surface area contributed by atoms with E-state index in [4.69, 9.17) is 0 Å². The topological polar surface area (TPSA) is 34.1 Å². The van der Waals surface area contributed by atoms with Crippen LogP contribution in [-0.4, -0.2) is 11.6 Å². The van der Waals surface area contributed by atoms with Crippen molar-refractivity contribution in [2.24, 2.45) is 0 Å². The van der Waals surface area contributed by atoms with Crippen LogP contribution in [0.3, 0.4) is 0 Å². The summed E-state index contributed by atoms with van der Waals surface area (Å²) in [6.45, 7) is 3.79. The van der Waals surface area contributed by atoms with Gasteiger partial charge in [0, 0.05) is 12.0 Å². The van der Waals surface area contributed by atoms with Crippen LogP contribution in [0.25, 0.3) is 0 Å². The second-order valence-corrected chi connectivity index (χ2v) is 3.50. The average Bonchev–Trinajstić information content (AvgIpc) is 2.28. The highest BCUT2D eigenvalue weighted by atomic mass is 16.1. The molecule has 1 aromatic rings. The van der Waals surface area contributed by atoms with E-state index in [1.54, 1.807) is 13.0 Å². The number of carbonyl (C=O) groups excluding carboxylic acids is 2. The molecular weight excluding hydrogens is 188 g/mol. The lowest BCUT2D eigenvalue weighted by Gasteiger charge is -2.05. The van der Waals surface area contributed by atoms with Crippen LogP contribution in [0, 0.1) is 0 Å². The predicted octanol–water partition coefficient (Wildman–Crippen LogP) is 2.80. The van der Waals surface area contributed by atoms with Gasteiger partial charge in [-0.3, -0.25) is 9.59 Å². The Balaban J connectivity index is 2.86. The standard InChI is InChI=1S/C13H16O2/c1-3-10-7-5-6-8-12(10)13(15)9-11(14)4-2/h5-8H,3-4,9H2,1-2H3. The molecule has 1 aromatic carbocycles. The Labute approximate surface area is 90.3 Å². The molecule has 0 amide bonds. The Bertz CT molecular complexity index is 367. The molecule has 0 heterocycles. The third-order valence-electron chi connectivity index (χ3n) is 2.45. The van der Waals surface area contributed by atoms with Gasteiger partial charge in [0.2, 0.25) is 0 Å². The van der Waals surface area contributed by atoms with Crippen molar-refractivity contribution in [3.05, 3.63) is 35.4 Å². The Morgan fingerprint density at radius 3 is 2.40 bits per heavy atom. The van der Waals surface area contributed by atoms with E-state index in [0.29, 0.717) is 12.0 Å². The zero-order chi connectivity index (χ0) is 11.3. The largest absolute Gasteiger partial charge is 0.299 e. The van der Waals surface area contributed by atoms with Crippen molar-refractivity contribution in [3.8, 4) is 0 Å². The third kappa shape index (κ3) is 3.01. The molecule has 0 aliphatic carbocycles. The molecule has 2 heteroatoms. The molecule has 0 saturated carbocycles. The van der Waals surface area contributed by atoms with E-state index in [-0.39, 0.29) is 18.0 Å². The monoisotopic (exact) mass is 204 g/mol. The zero-order valence-corrected chi connectivity index (χ0v) is 9.25. The summed E-state index contributed by atoms with van der Waals surface area (Å²) in [5.74, 6) is -0.0507. The summed E-state index contributed by atoms with van der Waals surface area (Å²) in [7, 11) is 0. The first-order valence-corrected chi connectivity index (χ1v) is 5.31. The van der Waals surface area contributed by atoms with E-state index < -0.39 is 0 Å². The number of Topliss-reactive ketones (excluding diaryl/α,β-unsaturated/α-hetero) is 2. The van der Waals surface area contributed by atoms with Gasteiger partial charge >= 0.3 is 0 Å². The molecular formula is C13H16O2. The van der Waals surface area contributed by atoms with Crippen LogP contribution in [0.15, 0.2) is 24.3 Å². The highest BCUT2D eigenvalue weighted by Gasteiger charge is 2.12. The van der Waals surface area contributed by atoms with Crippen molar-refractivity contribution in [1.82, 2.24) is 0 Å². The molecule has 80 valence electrons. The molecule has 2 nitrogen and oxygen atoms in total. The molecule has 0 saturated heterocycles. The fourth-order valence-electron chi connectivity index (χ4n) is 1.50. The molecule has 0 spiro atoms. The van der Waals surface area contributed by atoms with Gasteiger partial charge in [0.05, 0.1) is 6.42 Å². The van der Waals surface area contributed by atoms with Crippen LogP contribution < -0.4 is 0 Å². The summed E-state index contributed by atoms with van der Waals surface area (Å²) in [5.41, 5.74) is 1.72. The van der Waals surface area contributed by atoms with Gasteiger partial charge in [0.1, 0.15) is 5.78 Å². The molecule has 0 aliphatic heterocycles. The summed E-state index contributed by atoms with van der Waals surface area (Å²) < 4.78 is 0. The van der Waals surface area contributed by atoms with E-state index in [1.807, 2.05) is 25.1 Å². The molecule has 0 atom stereocenters. The van der Waals surface area contributed by atoms with Crippen molar-refractivity contribution in [1.29, 1.82) is 0 Å². The highest BCUT2D eigenvalue weighted by molar-refractivity contribution is 6.08. The van der Waals surface area contributed by atoms with Crippen LogP contribution in [0.2, 0.25) is 0 Å². The summed E-state index contributed by atoms with van der Waals surface area (Å²) in [5, 5.41) is 0. The maximum Gasteiger partial charge on any atom is 0.170 e. The normalized spacial score (nSPS) is 10.0. The molecule has 0 bridgehead atoms. The van der Waals surface area contributed by atoms with Gasteiger partial charge in [0.25, 0.3) is 0 Å². The average molecular weight is 204 g/mol. The SMILES string of the molecule is CCC(=O)CC(=O)c1ccccc1CC. The maximum absolute atomic E-state index is 11.8. The quantitative estimate of drug-likeness (QED) is 0.546. The molecule has 0 unspecified atom stereocenters. The molecule has 0 radical (unpaired) electrons. The number of carbonyl (C=O) groups is 2. The van der Waals surface area contributed by atoms with Crippen molar-refractivity contribution >= 4 is 11.6 Å². The van der Waals surface area contributed by atoms with Gasteiger partial charge in [-0.25, -0.2) is 0 Å². The van der Waals surface area contributed by atoms with E-state index in [9.17, 15) is 9.59 Å². The number of benzene rings is 1. The van der Waals surface area contributed by atoms with Crippen LogP contribution in [0.5, 0.6) is 0 Å². The van der Waals surface area contributed by atoms with Gasteiger partial charge in [-0.1, -0.05) is 38.1 Å². The Morgan fingerprint density at radius 2 is 1.80 bits per heavy atom. The van der Waals surface area contributed by atoms with Crippen LogP contribution in [-0.2, 0) is 11.2 Å². The van der Waals surface area contributed by atoms with Gasteiger partial charge < -0.3 is 0 Å². The lowest BCUT2D eigenvalue weighted by atomic mass is 9.98. The van der Waals surface area contributed by atoms with Gasteiger partial charge in [0.15, 0.2) is 5.78 Å². The number of hydrogen-bond acceptors (Lipinski definition) is 2. The molecule has 1 rings (SSSR count). The number of rotatable bonds is 5. The Morgan fingerprint density at radius 1 is 1.13 bits per heavy atom. The van der Waals surface area contributed by atoms with Crippen LogP contribution in [0.4, 0.5) is 0 Å². The smallest absolute Gasteiger partial charge is 0.170 e. The van der Waals surface area contributed by atoms with Crippen molar-refractivity contribution < 1.29 is 9.59 Å². The van der Waals surface area contributed by atoms with Gasteiger partial charge in [-0.15, -0.1) is 0 Å². The predicted molar refractivity (Wildman–Crippen MR) is 60.1 cm³/mol. The lowest BCUT2D eigenvalue weighted by Crippen LogP contribution is -2.09. The number of hydrogen-bond donors (Lipinski definition) is 0. The molecule has 0 aliphatic rings. The Hall–Kier alpha value is -1.44. The van der Waals surface area contributed by atoms with Crippen molar-refractivity contribution in [2.45, 2.75) is 33.1 Å². The van der Waals surface area contributed by atoms with Gasteiger partial charge in [-0.2, -0.15) is 0 Å². The summed E-state index contributed by atoms with van der Waals surface area (Å²) >= 11 is 0. The zero-order valence-electron chi connectivity index (χ0n) is 9.25. The van der Waals surface area contributed by atoms with E-state index >= 15 is 0 Å². The van der Waals surface area contributed by atoms with Crippen molar-refractivity contribution in [2.75, 3.05) is 0 Å². The summed E-state index contributed by atoms with van der Waals surface area (Å²) in [4.78, 5) is 22.9. The minimum absolute atomic E-state index is 0.00547. The van der Waals surface area contributed by atoms with E-state index in [2.05, 4.69) is 0 Å². The molecule has 0 aromatic heterocycles. The minimum Gasteiger partial charge on any atom is -0.299 e. The maximum atomic E-state index is 11.8. The first-order chi connectivity index (χ1) is 7.19. The Kier molecular flexibility index (Phi) is 4.22. The molecule has 0 fully saturated rings. The number of ketones is 2. The first kappa shape index (κ1) is 11.6. The van der Waals surface area contributed by atoms with E-state index in [0.717, 1.165) is 12.0 Å². The van der Waals surface area contributed by atoms with Gasteiger partial charge in [-0.05, 0) is 12.0 Å². The lowest BCUT2D eigenvalue weighted by molar-refractivity contribution is -0.117. The fraction of sp³-hybridized carbons (Fsp3) is 0.385. The first-order valence-electron chi connectivity index (χ1n) is 5.31.